The molecule has 14 aromatic rings. The van der Waals surface area contributed by atoms with Gasteiger partial charge >= 0.3 is 0 Å². The van der Waals surface area contributed by atoms with E-state index in [1.165, 1.54) is 21.5 Å². The molecular formula is C64H38N6O2. The van der Waals surface area contributed by atoms with Gasteiger partial charge in [0.25, 0.3) is 0 Å². The van der Waals surface area contributed by atoms with E-state index in [1.54, 1.807) is 0 Å². The maximum Gasteiger partial charge on any atom is 0.152 e. The van der Waals surface area contributed by atoms with Crippen molar-refractivity contribution in [2.45, 2.75) is 0 Å². The zero-order valence-electron chi connectivity index (χ0n) is 38.4. The minimum atomic E-state index is 0.782. The third-order valence-electron chi connectivity index (χ3n) is 14.7. The van der Waals surface area contributed by atoms with E-state index in [0.29, 0.717) is 0 Å². The Morgan fingerprint density at radius 3 is 1.11 bits per heavy atom. The van der Waals surface area contributed by atoms with Gasteiger partial charge in [0.1, 0.15) is 0 Å². The van der Waals surface area contributed by atoms with E-state index in [-0.39, 0.29) is 0 Å². The second kappa shape index (κ2) is 14.8. The molecule has 0 N–H and O–H groups in total. The average molecular weight is 923 g/mol. The first-order chi connectivity index (χ1) is 35.7. The molecule has 0 fully saturated rings. The van der Waals surface area contributed by atoms with Crippen LogP contribution in [0.5, 0.6) is 23.0 Å². The van der Waals surface area contributed by atoms with Crippen LogP contribution in [-0.2, 0) is 0 Å². The van der Waals surface area contributed by atoms with Crippen molar-refractivity contribution in [1.82, 2.24) is 19.1 Å². The van der Waals surface area contributed by atoms with Crippen molar-refractivity contribution in [3.63, 3.8) is 0 Å². The minimum absolute atomic E-state index is 0.782. The topological polar surface area (TPSA) is 60.6 Å². The van der Waals surface area contributed by atoms with Crippen molar-refractivity contribution >= 4 is 110 Å². The van der Waals surface area contributed by atoms with Crippen LogP contribution in [0.4, 0.5) is 34.1 Å². The average Bonchev–Trinajstić information content (AvgIpc) is 3.91. The molecule has 0 saturated heterocycles. The van der Waals surface area contributed by atoms with Crippen LogP contribution < -0.4 is 19.3 Å². The van der Waals surface area contributed by atoms with Crippen molar-refractivity contribution < 1.29 is 9.47 Å². The molecule has 0 radical (unpaired) electrons. The van der Waals surface area contributed by atoms with Gasteiger partial charge in [-0.05, 0) is 131 Å². The monoisotopic (exact) mass is 922 g/mol. The molecule has 4 aromatic heterocycles. The molecular weight excluding hydrogens is 885 g/mol. The fraction of sp³-hybridized carbons (Fsp3) is 0. The summed E-state index contributed by atoms with van der Waals surface area (Å²) in [4.78, 5) is 13.9. The van der Waals surface area contributed by atoms with E-state index in [4.69, 9.17) is 9.47 Å². The Hall–Kier alpha value is -9.92. The smallest absolute Gasteiger partial charge is 0.152 e. The molecule has 2 aliphatic heterocycles. The molecule has 0 atom stereocenters. The Balaban J connectivity index is 0.936. The predicted molar refractivity (Wildman–Crippen MR) is 293 cm³/mol. The molecule has 16 rings (SSSR count). The number of hydrogen-bond donors (Lipinski definition) is 0. The molecule has 0 unspecified atom stereocenters. The molecule has 0 spiro atoms. The van der Waals surface area contributed by atoms with Gasteiger partial charge in [0, 0.05) is 44.7 Å². The standard InChI is InChI=1S/C64H38N6O2/c1-3-15-41-31-55-47(29-39(41)13-1)49-33-63-59(35-57(49)67(55)43-17-11-27-65-37-43)69(53-21-5-7-25-61(53)71-63)51-23-9-20-46-45(51)19-10-24-52(46)70-54-22-6-8-26-62(54)72-64-34-50-48-30-40-14-2-4-16-42(40)32-56(48)68(58(50)36-60(64)70)44-18-12-28-66-38-44/h1-38H. The van der Waals surface area contributed by atoms with E-state index < -0.39 is 0 Å². The Morgan fingerprint density at radius 2 is 0.667 bits per heavy atom. The van der Waals surface area contributed by atoms with Gasteiger partial charge in [-0.15, -0.1) is 0 Å². The second-order valence-electron chi connectivity index (χ2n) is 18.7. The number of pyridine rings is 2. The maximum absolute atomic E-state index is 6.93. The van der Waals surface area contributed by atoms with Gasteiger partial charge in [0.2, 0.25) is 0 Å². The Labute approximate surface area is 412 Å². The lowest BCUT2D eigenvalue weighted by molar-refractivity contribution is 0.477. The highest BCUT2D eigenvalue weighted by molar-refractivity contribution is 6.18. The van der Waals surface area contributed by atoms with Gasteiger partial charge in [-0.25, -0.2) is 0 Å². The van der Waals surface area contributed by atoms with Gasteiger partial charge in [0.05, 0.1) is 80.0 Å². The summed E-state index contributed by atoms with van der Waals surface area (Å²) in [6.07, 6.45) is 7.54. The van der Waals surface area contributed by atoms with Crippen molar-refractivity contribution in [3.8, 4) is 34.4 Å². The first kappa shape index (κ1) is 39.0. The second-order valence-corrected chi connectivity index (χ2v) is 18.7. The normalized spacial score (nSPS) is 12.9. The molecule has 0 amide bonds. The third kappa shape index (κ3) is 5.57. The Kier molecular flexibility index (Phi) is 8.01. The first-order valence-corrected chi connectivity index (χ1v) is 24.2. The Morgan fingerprint density at radius 1 is 0.278 bits per heavy atom. The van der Waals surface area contributed by atoms with E-state index in [1.807, 2.05) is 49.1 Å². The van der Waals surface area contributed by atoms with Crippen molar-refractivity contribution in [2.24, 2.45) is 0 Å². The molecule has 72 heavy (non-hydrogen) atoms. The fourth-order valence-electron chi connectivity index (χ4n) is 11.6. The quantitative estimate of drug-likeness (QED) is 0.175. The molecule has 0 aliphatic carbocycles. The van der Waals surface area contributed by atoms with Crippen LogP contribution in [0.3, 0.4) is 0 Å². The number of nitrogens with zero attached hydrogens (tertiary/aromatic N) is 6. The summed E-state index contributed by atoms with van der Waals surface area (Å²) in [6, 6.07) is 73.6. The lowest BCUT2D eigenvalue weighted by Crippen LogP contribution is -2.17. The lowest BCUT2D eigenvalue weighted by atomic mass is 10.0. The number of aromatic nitrogens is 4. The Bertz CT molecular complexity index is 4310. The number of para-hydroxylation sites is 4. The number of fused-ring (bicyclic) bond motifs is 13. The van der Waals surface area contributed by atoms with Crippen LogP contribution in [0.1, 0.15) is 0 Å². The summed E-state index contributed by atoms with van der Waals surface area (Å²) in [7, 11) is 0. The SMILES string of the molecule is c1cncc(-n2c3cc4c(cc3c3cc5ccccc5cc32)Oc2ccccc2N4c2cccc3c(N4c5ccccc5Oc5cc6c7cc8ccccc8cc7n(-c7cccnc7)c6cc54)cccc23)c1. The van der Waals surface area contributed by atoms with Crippen molar-refractivity contribution in [3.05, 3.63) is 231 Å². The first-order valence-electron chi connectivity index (χ1n) is 24.2. The van der Waals surface area contributed by atoms with Crippen LogP contribution in [-0.4, -0.2) is 19.1 Å². The van der Waals surface area contributed by atoms with Gasteiger partial charge in [0.15, 0.2) is 23.0 Å². The van der Waals surface area contributed by atoms with Crippen LogP contribution in [0.25, 0.3) is 87.3 Å². The van der Waals surface area contributed by atoms with Gasteiger partial charge < -0.3 is 28.4 Å². The zero-order valence-corrected chi connectivity index (χ0v) is 38.4. The number of rotatable bonds is 4. The van der Waals surface area contributed by atoms with E-state index in [9.17, 15) is 0 Å². The molecule has 8 nitrogen and oxygen atoms in total. The number of hydrogen-bond acceptors (Lipinski definition) is 6. The molecule has 8 heteroatoms. The summed E-state index contributed by atoms with van der Waals surface area (Å²) in [5, 5.41) is 11.4. The summed E-state index contributed by atoms with van der Waals surface area (Å²) in [5.74, 6) is 3.14. The number of anilines is 6. The van der Waals surface area contributed by atoms with Crippen molar-refractivity contribution in [1.29, 1.82) is 0 Å². The van der Waals surface area contributed by atoms with Crippen molar-refractivity contribution in [2.75, 3.05) is 9.80 Å². The highest BCUT2D eigenvalue weighted by atomic mass is 16.5. The van der Waals surface area contributed by atoms with Crippen LogP contribution in [0, 0.1) is 0 Å². The highest BCUT2D eigenvalue weighted by Crippen LogP contribution is 2.57. The number of ether oxygens (including phenoxy) is 2. The third-order valence-corrected chi connectivity index (χ3v) is 14.7. The predicted octanol–water partition coefficient (Wildman–Crippen LogP) is 17.3. The fourth-order valence-corrected chi connectivity index (χ4v) is 11.6. The summed E-state index contributed by atoms with van der Waals surface area (Å²) < 4.78 is 18.5. The largest absolute Gasteiger partial charge is 0.453 e. The van der Waals surface area contributed by atoms with E-state index in [0.717, 1.165) is 123 Å². The molecule has 0 saturated carbocycles. The minimum Gasteiger partial charge on any atom is -0.453 e. The zero-order chi connectivity index (χ0) is 47.0. The molecule has 6 heterocycles. The maximum atomic E-state index is 6.93. The lowest BCUT2D eigenvalue weighted by Gasteiger charge is -2.35. The van der Waals surface area contributed by atoms with Crippen LogP contribution >= 0.6 is 0 Å². The molecule has 336 valence electrons. The van der Waals surface area contributed by atoms with Gasteiger partial charge in [-0.2, -0.15) is 0 Å². The summed E-state index contributed by atoms with van der Waals surface area (Å²) >= 11 is 0. The van der Waals surface area contributed by atoms with E-state index in [2.05, 4.69) is 211 Å². The summed E-state index contributed by atoms with van der Waals surface area (Å²) in [6.45, 7) is 0. The molecule has 10 aromatic carbocycles. The molecule has 2 aliphatic rings. The van der Waals surface area contributed by atoms with Crippen LogP contribution in [0.2, 0.25) is 0 Å². The van der Waals surface area contributed by atoms with Gasteiger partial charge in [-0.3, -0.25) is 9.97 Å². The van der Waals surface area contributed by atoms with E-state index >= 15 is 0 Å². The number of benzene rings is 10. The highest BCUT2D eigenvalue weighted by Gasteiger charge is 2.32. The van der Waals surface area contributed by atoms with Crippen LogP contribution in [0.15, 0.2) is 231 Å². The molecule has 0 bridgehead atoms. The summed E-state index contributed by atoms with van der Waals surface area (Å²) in [5.41, 5.74) is 12.2. The van der Waals surface area contributed by atoms with Gasteiger partial charge in [-0.1, -0.05) is 97.1 Å².